The predicted molar refractivity (Wildman–Crippen MR) is 53.4 cm³/mol. The fraction of sp³-hybridized carbons (Fsp3) is 0.455. The second-order valence-corrected chi connectivity index (χ2v) is 3.56. The van der Waals surface area contributed by atoms with Crippen molar-refractivity contribution >= 4 is 0 Å². The highest BCUT2D eigenvalue weighted by Crippen LogP contribution is 2.19. The van der Waals surface area contributed by atoms with Gasteiger partial charge in [0.2, 0.25) is 0 Å². The molecular formula is C11H15F2N. The van der Waals surface area contributed by atoms with Crippen LogP contribution in [0.3, 0.4) is 0 Å². The molecule has 0 heterocycles. The van der Waals surface area contributed by atoms with E-state index in [4.69, 9.17) is 5.73 Å². The molecule has 0 aromatic heterocycles. The number of aryl methyl sites for hydroxylation is 1. The summed E-state index contributed by atoms with van der Waals surface area (Å²) in [5.41, 5.74) is 6.74. The first-order valence-electron chi connectivity index (χ1n) is 4.72. The van der Waals surface area contributed by atoms with Gasteiger partial charge < -0.3 is 5.73 Å². The van der Waals surface area contributed by atoms with Crippen LogP contribution in [0, 0.1) is 0 Å². The highest BCUT2D eigenvalue weighted by Gasteiger charge is 2.05. The Labute approximate surface area is 82.9 Å². The molecule has 0 fully saturated rings. The van der Waals surface area contributed by atoms with Crippen LogP contribution in [0.25, 0.3) is 0 Å². The first-order chi connectivity index (χ1) is 6.59. The van der Waals surface area contributed by atoms with Gasteiger partial charge in [-0.25, -0.2) is 8.78 Å². The fourth-order valence-corrected chi connectivity index (χ4v) is 1.22. The lowest BCUT2D eigenvalue weighted by Crippen LogP contribution is -2.15. The third kappa shape index (κ3) is 3.42. The Hall–Kier alpha value is -0.960. The first kappa shape index (κ1) is 11.1. The number of hydrogen-bond acceptors (Lipinski definition) is 1. The second kappa shape index (κ2) is 5.05. The van der Waals surface area contributed by atoms with Crippen LogP contribution in [0.2, 0.25) is 0 Å². The van der Waals surface area contributed by atoms with Crippen molar-refractivity contribution in [3.05, 3.63) is 35.4 Å². The monoisotopic (exact) mass is 199 g/mol. The molecule has 0 aliphatic rings. The van der Waals surface area contributed by atoms with E-state index in [-0.39, 0.29) is 11.6 Å². The van der Waals surface area contributed by atoms with Gasteiger partial charge >= 0.3 is 0 Å². The third-order valence-corrected chi connectivity index (χ3v) is 2.12. The molecule has 1 aromatic carbocycles. The molecule has 0 aliphatic heterocycles. The van der Waals surface area contributed by atoms with Gasteiger partial charge in [-0.15, -0.1) is 0 Å². The van der Waals surface area contributed by atoms with Gasteiger partial charge in [-0.1, -0.05) is 24.3 Å². The van der Waals surface area contributed by atoms with E-state index in [0.717, 1.165) is 18.4 Å². The number of nitrogens with two attached hydrogens (primary N) is 1. The van der Waals surface area contributed by atoms with Crippen molar-refractivity contribution in [2.24, 2.45) is 5.73 Å². The zero-order valence-electron chi connectivity index (χ0n) is 8.21. The van der Waals surface area contributed by atoms with E-state index in [1.54, 1.807) is 12.1 Å². The average molecular weight is 199 g/mol. The topological polar surface area (TPSA) is 26.0 Å². The molecule has 1 atom stereocenters. The normalized spacial score (nSPS) is 13.2. The van der Waals surface area contributed by atoms with E-state index in [9.17, 15) is 8.78 Å². The van der Waals surface area contributed by atoms with Gasteiger partial charge in [-0.05, 0) is 25.3 Å². The van der Waals surface area contributed by atoms with Crippen LogP contribution in [-0.4, -0.2) is 6.04 Å². The lowest BCUT2D eigenvalue weighted by atomic mass is 10.1. The molecule has 0 aliphatic carbocycles. The molecule has 14 heavy (non-hydrogen) atoms. The summed E-state index contributed by atoms with van der Waals surface area (Å²) in [5.74, 6) is 0. The maximum atomic E-state index is 12.2. The summed E-state index contributed by atoms with van der Waals surface area (Å²) in [6.45, 7) is 1.94. The van der Waals surface area contributed by atoms with Crippen LogP contribution < -0.4 is 5.73 Å². The van der Waals surface area contributed by atoms with Crippen LogP contribution in [0.4, 0.5) is 8.78 Å². The molecule has 0 radical (unpaired) electrons. The van der Waals surface area contributed by atoms with Crippen LogP contribution >= 0.6 is 0 Å². The van der Waals surface area contributed by atoms with Gasteiger partial charge in [-0.2, -0.15) is 0 Å². The Kier molecular flexibility index (Phi) is 4.01. The van der Waals surface area contributed by atoms with Gasteiger partial charge in [0.25, 0.3) is 6.43 Å². The fourth-order valence-electron chi connectivity index (χ4n) is 1.22. The zero-order valence-corrected chi connectivity index (χ0v) is 8.21. The Morgan fingerprint density at radius 3 is 2.21 bits per heavy atom. The van der Waals surface area contributed by atoms with Crippen molar-refractivity contribution in [3.63, 3.8) is 0 Å². The Bertz CT molecular complexity index is 267. The Morgan fingerprint density at radius 1 is 1.21 bits per heavy atom. The highest BCUT2D eigenvalue weighted by atomic mass is 19.3. The lowest BCUT2D eigenvalue weighted by Gasteiger charge is -2.05. The second-order valence-electron chi connectivity index (χ2n) is 3.56. The van der Waals surface area contributed by atoms with E-state index in [1.165, 1.54) is 12.1 Å². The average Bonchev–Trinajstić information content (AvgIpc) is 2.15. The summed E-state index contributed by atoms with van der Waals surface area (Å²) in [6, 6.07) is 6.58. The first-order valence-corrected chi connectivity index (χ1v) is 4.72. The summed E-state index contributed by atoms with van der Waals surface area (Å²) < 4.78 is 24.4. The standard InChI is InChI=1S/C11H15F2N/c1-8(14)2-3-9-4-6-10(7-5-9)11(12)13/h4-8,11H,2-3,14H2,1H3. The molecular weight excluding hydrogens is 184 g/mol. The number of hydrogen-bond donors (Lipinski definition) is 1. The highest BCUT2D eigenvalue weighted by molar-refractivity contribution is 5.23. The van der Waals surface area contributed by atoms with E-state index in [0.29, 0.717) is 0 Å². The molecule has 0 saturated heterocycles. The van der Waals surface area contributed by atoms with Gasteiger partial charge in [0.05, 0.1) is 0 Å². The largest absolute Gasteiger partial charge is 0.328 e. The molecule has 0 amide bonds. The van der Waals surface area contributed by atoms with Gasteiger partial charge in [-0.3, -0.25) is 0 Å². The SMILES string of the molecule is CC(N)CCc1ccc(C(F)F)cc1. The lowest BCUT2D eigenvalue weighted by molar-refractivity contribution is 0.151. The maximum absolute atomic E-state index is 12.2. The van der Waals surface area contributed by atoms with Crippen molar-refractivity contribution in [3.8, 4) is 0 Å². The molecule has 78 valence electrons. The molecule has 3 heteroatoms. The van der Waals surface area contributed by atoms with Crippen LogP contribution in [-0.2, 0) is 6.42 Å². The molecule has 1 unspecified atom stereocenters. The van der Waals surface area contributed by atoms with Gasteiger partial charge in [0.15, 0.2) is 0 Å². The smallest absolute Gasteiger partial charge is 0.263 e. The molecule has 2 N–H and O–H groups in total. The summed E-state index contributed by atoms with van der Waals surface area (Å²) in [4.78, 5) is 0. The summed E-state index contributed by atoms with van der Waals surface area (Å²) >= 11 is 0. The Balaban J connectivity index is 2.55. The molecule has 1 rings (SSSR count). The van der Waals surface area contributed by atoms with E-state index < -0.39 is 6.43 Å². The quantitative estimate of drug-likeness (QED) is 0.792. The van der Waals surface area contributed by atoms with Crippen molar-refractivity contribution in [1.29, 1.82) is 0 Å². The summed E-state index contributed by atoms with van der Waals surface area (Å²) in [6.07, 6.45) is -0.646. The molecule has 1 nitrogen and oxygen atoms in total. The Morgan fingerprint density at radius 2 is 1.79 bits per heavy atom. The summed E-state index contributed by atoms with van der Waals surface area (Å²) in [7, 11) is 0. The molecule has 1 aromatic rings. The predicted octanol–water partition coefficient (Wildman–Crippen LogP) is 2.90. The minimum absolute atomic E-state index is 0.0783. The third-order valence-electron chi connectivity index (χ3n) is 2.12. The van der Waals surface area contributed by atoms with Crippen molar-refractivity contribution < 1.29 is 8.78 Å². The zero-order chi connectivity index (χ0) is 10.6. The van der Waals surface area contributed by atoms with E-state index in [1.807, 2.05) is 6.92 Å². The summed E-state index contributed by atoms with van der Waals surface area (Å²) in [5, 5.41) is 0. The number of benzene rings is 1. The minimum Gasteiger partial charge on any atom is -0.328 e. The van der Waals surface area contributed by atoms with Gasteiger partial charge in [0.1, 0.15) is 0 Å². The van der Waals surface area contributed by atoms with Crippen molar-refractivity contribution in [1.82, 2.24) is 0 Å². The minimum atomic E-state index is -2.38. The number of alkyl halides is 2. The van der Waals surface area contributed by atoms with Crippen molar-refractivity contribution in [2.75, 3.05) is 0 Å². The van der Waals surface area contributed by atoms with Crippen molar-refractivity contribution in [2.45, 2.75) is 32.2 Å². The number of rotatable bonds is 4. The molecule has 0 saturated carbocycles. The molecule has 0 bridgehead atoms. The van der Waals surface area contributed by atoms with Crippen LogP contribution in [0.5, 0.6) is 0 Å². The van der Waals surface area contributed by atoms with Crippen LogP contribution in [0.15, 0.2) is 24.3 Å². The maximum Gasteiger partial charge on any atom is 0.263 e. The number of halogens is 2. The van der Waals surface area contributed by atoms with Gasteiger partial charge in [0, 0.05) is 11.6 Å². The molecule has 0 spiro atoms. The van der Waals surface area contributed by atoms with Crippen LogP contribution in [0.1, 0.15) is 30.9 Å². The van der Waals surface area contributed by atoms with E-state index in [2.05, 4.69) is 0 Å². The van der Waals surface area contributed by atoms with E-state index >= 15 is 0 Å².